The van der Waals surface area contributed by atoms with Crippen LogP contribution in [0.15, 0.2) is 6.07 Å². The molecule has 2 heterocycles. The largest absolute Gasteiger partial charge is 0.465 e. The number of hydrogen-bond acceptors (Lipinski definition) is 6. The van der Waals surface area contributed by atoms with E-state index in [-0.39, 0.29) is 12.1 Å². The Balaban J connectivity index is 2.12. The lowest BCUT2D eigenvalue weighted by molar-refractivity contribution is 0.0263. The predicted molar refractivity (Wildman–Crippen MR) is 99.7 cm³/mol. The number of aryl methyl sites for hydroxylation is 2. The van der Waals surface area contributed by atoms with Crippen molar-refractivity contribution < 1.29 is 19.1 Å². The van der Waals surface area contributed by atoms with Crippen molar-refractivity contribution in [3.05, 3.63) is 22.9 Å². The Hall–Kier alpha value is -2.31. The van der Waals surface area contributed by atoms with Crippen molar-refractivity contribution in [1.29, 1.82) is 0 Å². The van der Waals surface area contributed by atoms with Gasteiger partial charge in [0, 0.05) is 26.2 Å². The summed E-state index contributed by atoms with van der Waals surface area (Å²) in [6.07, 6.45) is 0.554. The van der Waals surface area contributed by atoms with E-state index in [0.717, 1.165) is 24.3 Å². The van der Waals surface area contributed by atoms with Crippen molar-refractivity contribution in [3.8, 4) is 0 Å². The molecular formula is C19H29N3O4. The van der Waals surface area contributed by atoms with Crippen LogP contribution in [0.3, 0.4) is 0 Å². The third-order valence-corrected chi connectivity index (χ3v) is 4.25. The van der Waals surface area contributed by atoms with Crippen molar-refractivity contribution in [2.24, 2.45) is 0 Å². The van der Waals surface area contributed by atoms with Gasteiger partial charge in [0.1, 0.15) is 11.4 Å². The number of carbonyl (C=O) groups excluding carboxylic acids is 2. The van der Waals surface area contributed by atoms with Gasteiger partial charge in [-0.05, 0) is 52.7 Å². The predicted octanol–water partition coefficient (Wildman–Crippen LogP) is 2.93. The van der Waals surface area contributed by atoms with Crippen molar-refractivity contribution in [2.45, 2.75) is 46.6 Å². The van der Waals surface area contributed by atoms with E-state index in [1.807, 2.05) is 40.7 Å². The van der Waals surface area contributed by atoms with Crippen molar-refractivity contribution in [3.63, 3.8) is 0 Å². The molecule has 0 atom stereocenters. The lowest BCUT2D eigenvalue weighted by Gasteiger charge is -2.27. The Morgan fingerprint density at radius 3 is 2.38 bits per heavy atom. The number of esters is 1. The number of anilines is 1. The van der Waals surface area contributed by atoms with E-state index in [9.17, 15) is 9.59 Å². The minimum atomic E-state index is -0.497. The Morgan fingerprint density at radius 2 is 1.81 bits per heavy atom. The second-order valence-corrected chi connectivity index (χ2v) is 7.56. The van der Waals surface area contributed by atoms with E-state index >= 15 is 0 Å². The molecule has 1 aromatic heterocycles. The number of rotatable bonds is 2. The highest BCUT2D eigenvalue weighted by Gasteiger charge is 2.25. The van der Waals surface area contributed by atoms with Gasteiger partial charge in [-0.1, -0.05) is 0 Å². The minimum absolute atomic E-state index is 0.277. The van der Waals surface area contributed by atoms with Gasteiger partial charge in [-0.25, -0.2) is 14.6 Å². The molecule has 144 valence electrons. The highest BCUT2D eigenvalue weighted by Crippen LogP contribution is 2.22. The van der Waals surface area contributed by atoms with Crippen LogP contribution in [0.25, 0.3) is 0 Å². The molecule has 1 saturated heterocycles. The quantitative estimate of drug-likeness (QED) is 0.753. The number of methoxy groups -OCH3 is 1. The van der Waals surface area contributed by atoms with Gasteiger partial charge in [0.05, 0.1) is 18.4 Å². The van der Waals surface area contributed by atoms with Crippen LogP contribution in [-0.4, -0.2) is 60.8 Å². The average molecular weight is 363 g/mol. The lowest BCUT2D eigenvalue weighted by Crippen LogP contribution is -2.39. The highest BCUT2D eigenvalue weighted by molar-refractivity contribution is 5.92. The second kappa shape index (κ2) is 7.93. The van der Waals surface area contributed by atoms with Gasteiger partial charge in [-0.15, -0.1) is 0 Å². The first-order valence-electron chi connectivity index (χ1n) is 8.92. The summed E-state index contributed by atoms with van der Waals surface area (Å²) in [5.41, 5.74) is 1.51. The Morgan fingerprint density at radius 1 is 1.12 bits per heavy atom. The first-order chi connectivity index (χ1) is 12.1. The molecule has 0 aliphatic carbocycles. The molecule has 0 bridgehead atoms. The molecule has 1 fully saturated rings. The molecule has 1 aliphatic rings. The summed E-state index contributed by atoms with van der Waals surface area (Å²) in [6.45, 7) is 12.0. The summed E-state index contributed by atoms with van der Waals surface area (Å²) in [7, 11) is 1.37. The van der Waals surface area contributed by atoms with Gasteiger partial charge >= 0.3 is 12.1 Å². The molecule has 26 heavy (non-hydrogen) atoms. The number of nitrogens with zero attached hydrogens (tertiary/aromatic N) is 3. The molecule has 1 amide bonds. The molecule has 7 nitrogen and oxygen atoms in total. The zero-order chi connectivity index (χ0) is 19.5. The Bertz CT molecular complexity index is 659. The smallest absolute Gasteiger partial charge is 0.410 e. The molecule has 2 rings (SSSR count). The van der Waals surface area contributed by atoms with E-state index in [4.69, 9.17) is 9.47 Å². The standard InChI is InChI=1S/C19H29N3O4/c1-13-12-15(20-14(2)16(13)17(23)25-6)21-8-7-9-22(11-10-21)18(24)26-19(3,4)5/h12H,7-11H2,1-6H3. The van der Waals surface area contributed by atoms with Crippen molar-refractivity contribution in [2.75, 3.05) is 38.2 Å². The Kier molecular flexibility index (Phi) is 6.10. The van der Waals surface area contributed by atoms with Gasteiger partial charge < -0.3 is 19.3 Å². The van der Waals surface area contributed by atoms with Crippen LogP contribution >= 0.6 is 0 Å². The lowest BCUT2D eigenvalue weighted by atomic mass is 10.1. The summed E-state index contributed by atoms with van der Waals surface area (Å²) < 4.78 is 10.3. The van der Waals surface area contributed by atoms with Gasteiger partial charge in [0.15, 0.2) is 0 Å². The number of pyridine rings is 1. The van der Waals surface area contributed by atoms with Gasteiger partial charge in [-0.2, -0.15) is 0 Å². The topological polar surface area (TPSA) is 72.0 Å². The van der Waals surface area contributed by atoms with Crippen LogP contribution < -0.4 is 4.90 Å². The number of amides is 1. The molecule has 1 aromatic rings. The van der Waals surface area contributed by atoms with Crippen LogP contribution in [0.4, 0.5) is 10.6 Å². The summed E-state index contributed by atoms with van der Waals surface area (Å²) in [5, 5.41) is 0. The molecular weight excluding hydrogens is 334 g/mol. The van der Waals surface area contributed by atoms with Gasteiger partial charge in [-0.3, -0.25) is 0 Å². The van der Waals surface area contributed by atoms with E-state index in [0.29, 0.717) is 30.9 Å². The summed E-state index contributed by atoms with van der Waals surface area (Å²) in [5.74, 6) is 0.449. The molecule has 1 aliphatic heterocycles. The number of aromatic nitrogens is 1. The molecule has 0 N–H and O–H groups in total. The summed E-state index contributed by atoms with van der Waals surface area (Å²) >= 11 is 0. The van der Waals surface area contributed by atoms with E-state index in [1.54, 1.807) is 4.90 Å². The highest BCUT2D eigenvalue weighted by atomic mass is 16.6. The third kappa shape index (κ3) is 4.86. The summed E-state index contributed by atoms with van der Waals surface area (Å²) in [6, 6.07) is 1.91. The summed E-state index contributed by atoms with van der Waals surface area (Å²) in [4.78, 5) is 32.7. The zero-order valence-electron chi connectivity index (χ0n) is 16.6. The monoisotopic (exact) mass is 363 g/mol. The maximum Gasteiger partial charge on any atom is 0.410 e. The first-order valence-corrected chi connectivity index (χ1v) is 8.92. The molecule has 0 unspecified atom stereocenters. The number of ether oxygens (including phenoxy) is 2. The van der Waals surface area contributed by atoms with Crippen molar-refractivity contribution in [1.82, 2.24) is 9.88 Å². The fraction of sp³-hybridized carbons (Fsp3) is 0.632. The van der Waals surface area contributed by atoms with Gasteiger partial charge in [0.2, 0.25) is 0 Å². The third-order valence-electron chi connectivity index (χ3n) is 4.25. The number of carbonyl (C=O) groups is 2. The zero-order valence-corrected chi connectivity index (χ0v) is 16.6. The molecule has 7 heteroatoms. The van der Waals surface area contributed by atoms with Gasteiger partial charge in [0.25, 0.3) is 0 Å². The Labute approximate surface area is 155 Å². The average Bonchev–Trinajstić information content (AvgIpc) is 2.78. The van der Waals surface area contributed by atoms with Crippen LogP contribution in [-0.2, 0) is 9.47 Å². The van der Waals surface area contributed by atoms with Crippen LogP contribution in [0.1, 0.15) is 48.8 Å². The number of hydrogen-bond donors (Lipinski definition) is 0. The molecule has 0 aromatic carbocycles. The first kappa shape index (κ1) is 20.0. The molecule has 0 saturated carbocycles. The van der Waals surface area contributed by atoms with Crippen molar-refractivity contribution >= 4 is 17.9 Å². The minimum Gasteiger partial charge on any atom is -0.465 e. The second-order valence-electron chi connectivity index (χ2n) is 7.56. The molecule has 0 radical (unpaired) electrons. The SMILES string of the molecule is COC(=O)c1c(C)cc(N2CCCN(C(=O)OC(C)(C)C)CC2)nc1C. The fourth-order valence-electron chi connectivity index (χ4n) is 3.04. The van der Waals surface area contributed by atoms with Crippen LogP contribution in [0, 0.1) is 13.8 Å². The van der Waals surface area contributed by atoms with E-state index in [1.165, 1.54) is 7.11 Å². The normalized spacial score (nSPS) is 15.5. The molecule has 0 spiro atoms. The van der Waals surface area contributed by atoms with Crippen LogP contribution in [0.2, 0.25) is 0 Å². The maximum atomic E-state index is 12.3. The van der Waals surface area contributed by atoms with E-state index in [2.05, 4.69) is 9.88 Å². The fourth-order valence-corrected chi connectivity index (χ4v) is 3.04. The maximum absolute atomic E-state index is 12.3. The van der Waals surface area contributed by atoms with E-state index < -0.39 is 5.60 Å². The van der Waals surface area contributed by atoms with Crippen LogP contribution in [0.5, 0.6) is 0 Å².